The highest BCUT2D eigenvalue weighted by Crippen LogP contribution is 1.86. The summed E-state index contributed by atoms with van der Waals surface area (Å²) in [6.45, 7) is 5.21. The molecule has 0 aliphatic carbocycles. The second-order valence-electron chi connectivity index (χ2n) is 1.84. The smallest absolute Gasteiger partial charge is 0.244 e. The normalized spacial score (nSPS) is 11.2. The van der Waals surface area contributed by atoms with Crippen LogP contribution in [0.1, 0.15) is 13.3 Å². The summed E-state index contributed by atoms with van der Waals surface area (Å²) in [4.78, 5) is 10.6. The van der Waals surface area contributed by atoms with E-state index >= 15 is 0 Å². The van der Waals surface area contributed by atoms with E-state index in [1.165, 1.54) is 6.08 Å². The van der Waals surface area contributed by atoms with Crippen LogP contribution >= 0.6 is 0 Å². The number of amides is 1. The number of hydrogen-bond acceptors (Lipinski definition) is 1. The van der Waals surface area contributed by atoms with Crippen LogP contribution in [0.5, 0.6) is 0 Å². The molecule has 2 heteroatoms. The number of carbonyl (C=O) groups excluding carboxylic acids is 1. The molecule has 0 spiro atoms. The van der Waals surface area contributed by atoms with Crippen molar-refractivity contribution >= 4 is 5.91 Å². The zero-order valence-corrected chi connectivity index (χ0v) is 6.05. The molecule has 0 heterocycles. The van der Waals surface area contributed by atoms with Crippen LogP contribution in [0.4, 0.5) is 0 Å². The first-order valence-electron chi connectivity index (χ1n) is 3.13. The molecule has 2 nitrogen and oxygen atoms in total. The topological polar surface area (TPSA) is 29.1 Å². The highest BCUT2D eigenvalue weighted by atomic mass is 16.1. The first kappa shape index (κ1) is 8.77. The molecule has 0 aromatic rings. The van der Waals surface area contributed by atoms with Crippen LogP contribution < -0.4 is 5.32 Å². The molecule has 10 heavy (non-hydrogen) atoms. The van der Waals surface area contributed by atoms with Crippen molar-refractivity contribution in [1.29, 1.82) is 0 Å². The molecule has 0 aromatic heterocycles. The van der Waals surface area contributed by atoms with Gasteiger partial charge in [0.25, 0.3) is 0 Å². The van der Waals surface area contributed by atoms with Gasteiger partial charge in [-0.3, -0.25) is 4.79 Å². The van der Waals surface area contributed by atoms with Gasteiger partial charge in [0.2, 0.25) is 5.91 Å². The molecule has 1 amide bonds. The van der Waals surface area contributed by atoms with Crippen molar-refractivity contribution in [2.45, 2.75) is 19.4 Å². The molecule has 0 bridgehead atoms. The highest BCUT2D eigenvalue weighted by molar-refractivity contribution is 5.87. The zero-order valence-electron chi connectivity index (χ0n) is 6.05. The second kappa shape index (κ2) is 4.63. The van der Waals surface area contributed by atoms with Gasteiger partial charge in [0.05, 0.1) is 6.04 Å². The predicted molar refractivity (Wildman–Crippen MR) is 41.3 cm³/mol. The zero-order chi connectivity index (χ0) is 7.98. The van der Waals surface area contributed by atoms with E-state index in [2.05, 4.69) is 17.8 Å². The molecule has 0 saturated carbocycles. The van der Waals surface area contributed by atoms with E-state index in [0.29, 0.717) is 0 Å². The molecule has 0 aliphatic heterocycles. The van der Waals surface area contributed by atoms with Crippen molar-refractivity contribution in [3.8, 4) is 12.3 Å². The fourth-order valence-electron chi connectivity index (χ4n) is 0.492. The van der Waals surface area contributed by atoms with Crippen molar-refractivity contribution in [1.82, 2.24) is 5.32 Å². The molecule has 0 fully saturated rings. The van der Waals surface area contributed by atoms with E-state index in [4.69, 9.17) is 6.42 Å². The third kappa shape index (κ3) is 2.93. The van der Waals surface area contributed by atoms with Crippen LogP contribution in [0.15, 0.2) is 12.7 Å². The monoisotopic (exact) mass is 137 g/mol. The lowest BCUT2D eigenvalue weighted by Crippen LogP contribution is -2.31. The minimum Gasteiger partial charge on any atom is -0.339 e. The van der Waals surface area contributed by atoms with Crippen molar-refractivity contribution in [3.05, 3.63) is 12.7 Å². The maximum atomic E-state index is 10.6. The number of hydrogen-bond donors (Lipinski definition) is 1. The van der Waals surface area contributed by atoms with Crippen molar-refractivity contribution < 1.29 is 4.79 Å². The standard InChI is InChI=1S/C8H11NO/c1-4-7(5-2)9-8(10)6-3/h1,6-7H,3,5H2,2H3,(H,9,10). The van der Waals surface area contributed by atoms with Gasteiger partial charge in [0.1, 0.15) is 0 Å². The molecular formula is C8H11NO. The van der Waals surface area contributed by atoms with Crippen molar-refractivity contribution in [2.24, 2.45) is 0 Å². The first-order valence-corrected chi connectivity index (χ1v) is 3.13. The fourth-order valence-corrected chi connectivity index (χ4v) is 0.492. The lowest BCUT2D eigenvalue weighted by molar-refractivity contribution is -0.116. The Hall–Kier alpha value is -1.23. The molecular weight excluding hydrogens is 126 g/mol. The molecule has 1 unspecified atom stereocenters. The molecule has 0 rings (SSSR count). The number of nitrogens with one attached hydrogen (secondary N) is 1. The molecule has 0 aliphatic rings. The Balaban J connectivity index is 3.76. The summed E-state index contributed by atoms with van der Waals surface area (Å²) < 4.78 is 0. The van der Waals surface area contributed by atoms with Crippen molar-refractivity contribution in [2.75, 3.05) is 0 Å². The van der Waals surface area contributed by atoms with E-state index in [0.717, 1.165) is 6.42 Å². The van der Waals surface area contributed by atoms with Gasteiger partial charge >= 0.3 is 0 Å². The van der Waals surface area contributed by atoms with Gasteiger partial charge in [-0.05, 0) is 12.5 Å². The van der Waals surface area contributed by atoms with Crippen LogP contribution in [-0.4, -0.2) is 11.9 Å². The van der Waals surface area contributed by atoms with Gasteiger partial charge < -0.3 is 5.32 Å². The Bertz CT molecular complexity index is 167. The number of carbonyl (C=O) groups is 1. The number of rotatable bonds is 3. The summed E-state index contributed by atoms with van der Waals surface area (Å²) in [7, 11) is 0. The molecule has 0 aromatic carbocycles. The highest BCUT2D eigenvalue weighted by Gasteiger charge is 2.01. The fraction of sp³-hybridized carbons (Fsp3) is 0.375. The Morgan fingerprint density at radius 1 is 2.00 bits per heavy atom. The van der Waals surface area contributed by atoms with Crippen LogP contribution in [-0.2, 0) is 4.79 Å². The average Bonchev–Trinajstić information content (AvgIpc) is 1.99. The van der Waals surface area contributed by atoms with Crippen molar-refractivity contribution in [3.63, 3.8) is 0 Å². The third-order valence-electron chi connectivity index (χ3n) is 1.11. The van der Waals surface area contributed by atoms with Crippen LogP contribution in [0.25, 0.3) is 0 Å². The Morgan fingerprint density at radius 2 is 2.60 bits per heavy atom. The van der Waals surface area contributed by atoms with E-state index < -0.39 is 0 Å². The lowest BCUT2D eigenvalue weighted by Gasteiger charge is -2.06. The SMILES string of the molecule is C#CC(CC)NC(=O)C=C. The van der Waals surface area contributed by atoms with Crippen LogP contribution in [0, 0.1) is 12.3 Å². The minimum atomic E-state index is -0.218. The Labute approximate surface area is 61.3 Å². The second-order valence-corrected chi connectivity index (χ2v) is 1.84. The molecule has 1 N–H and O–H groups in total. The summed E-state index contributed by atoms with van der Waals surface area (Å²) in [5.74, 6) is 2.22. The van der Waals surface area contributed by atoms with Crippen LogP contribution in [0.2, 0.25) is 0 Å². The Kier molecular flexibility index (Phi) is 4.06. The lowest BCUT2D eigenvalue weighted by atomic mass is 10.2. The average molecular weight is 137 g/mol. The summed E-state index contributed by atoms with van der Waals surface area (Å²) in [5, 5.41) is 2.57. The van der Waals surface area contributed by atoms with Gasteiger partial charge in [-0.1, -0.05) is 19.4 Å². The van der Waals surface area contributed by atoms with Crippen LogP contribution in [0.3, 0.4) is 0 Å². The van der Waals surface area contributed by atoms with E-state index in [1.807, 2.05) is 6.92 Å². The maximum absolute atomic E-state index is 10.6. The maximum Gasteiger partial charge on any atom is 0.244 e. The summed E-state index contributed by atoms with van der Waals surface area (Å²) in [6, 6.07) is -0.162. The first-order chi connectivity index (χ1) is 4.74. The van der Waals surface area contributed by atoms with E-state index in [9.17, 15) is 4.79 Å². The minimum absolute atomic E-state index is 0.162. The summed E-state index contributed by atoms with van der Waals surface area (Å²) in [6.07, 6.45) is 7.04. The van der Waals surface area contributed by atoms with E-state index in [-0.39, 0.29) is 11.9 Å². The number of terminal acetylenes is 1. The van der Waals surface area contributed by atoms with Gasteiger partial charge in [0, 0.05) is 0 Å². The summed E-state index contributed by atoms with van der Waals surface area (Å²) >= 11 is 0. The molecule has 1 atom stereocenters. The van der Waals surface area contributed by atoms with Gasteiger partial charge in [-0.25, -0.2) is 0 Å². The predicted octanol–water partition coefficient (Wildman–Crippen LogP) is 0.700. The quantitative estimate of drug-likeness (QED) is 0.450. The molecule has 0 radical (unpaired) electrons. The van der Waals surface area contributed by atoms with E-state index in [1.54, 1.807) is 0 Å². The molecule has 54 valence electrons. The Morgan fingerprint density at radius 3 is 2.90 bits per heavy atom. The molecule has 0 saturated heterocycles. The third-order valence-corrected chi connectivity index (χ3v) is 1.11. The summed E-state index contributed by atoms with van der Waals surface area (Å²) in [5.41, 5.74) is 0. The van der Waals surface area contributed by atoms with Gasteiger partial charge in [-0.15, -0.1) is 6.42 Å². The van der Waals surface area contributed by atoms with Gasteiger partial charge in [-0.2, -0.15) is 0 Å². The largest absolute Gasteiger partial charge is 0.339 e. The van der Waals surface area contributed by atoms with Gasteiger partial charge in [0.15, 0.2) is 0 Å².